The SMILES string of the molecule is FC(F)CN1CC2(CCCC2)NCc2ccccc21. The standard InChI is InChI=1S/C15H20F2N2/c16-14(17)10-19-11-15(7-3-4-8-15)18-9-12-5-1-2-6-13(12)19/h1-2,5-6,14,18H,3-4,7-11H2. The minimum Gasteiger partial charge on any atom is -0.364 e. The van der Waals surface area contributed by atoms with Gasteiger partial charge in [-0.3, -0.25) is 0 Å². The van der Waals surface area contributed by atoms with Gasteiger partial charge in [0.2, 0.25) is 0 Å². The average molecular weight is 266 g/mol. The Morgan fingerprint density at radius 1 is 1.21 bits per heavy atom. The number of nitrogens with one attached hydrogen (secondary N) is 1. The van der Waals surface area contributed by atoms with Crippen LogP contribution in [0.3, 0.4) is 0 Å². The highest BCUT2D eigenvalue weighted by Crippen LogP contribution is 2.35. The summed E-state index contributed by atoms with van der Waals surface area (Å²) in [6.07, 6.45) is 2.31. The summed E-state index contributed by atoms with van der Waals surface area (Å²) in [5.74, 6) is 0. The number of halogens is 2. The first-order valence-electron chi connectivity index (χ1n) is 7.05. The predicted octanol–water partition coefficient (Wildman–Crippen LogP) is 3.17. The molecule has 1 fully saturated rings. The molecule has 1 heterocycles. The van der Waals surface area contributed by atoms with Crippen LogP contribution in [0.2, 0.25) is 0 Å². The number of alkyl halides is 2. The fourth-order valence-electron chi connectivity index (χ4n) is 3.47. The normalized spacial score (nSPS) is 21.7. The number of hydrogen-bond donors (Lipinski definition) is 1. The van der Waals surface area contributed by atoms with Crippen molar-refractivity contribution in [1.82, 2.24) is 5.32 Å². The smallest absolute Gasteiger partial charge is 0.255 e. The van der Waals surface area contributed by atoms with Gasteiger partial charge in [0.15, 0.2) is 0 Å². The maximum atomic E-state index is 12.9. The lowest BCUT2D eigenvalue weighted by Crippen LogP contribution is -2.50. The first kappa shape index (κ1) is 12.9. The summed E-state index contributed by atoms with van der Waals surface area (Å²) in [6, 6.07) is 7.92. The van der Waals surface area contributed by atoms with E-state index in [1.165, 1.54) is 12.8 Å². The topological polar surface area (TPSA) is 15.3 Å². The molecule has 0 amide bonds. The van der Waals surface area contributed by atoms with Crippen LogP contribution in [-0.2, 0) is 6.54 Å². The van der Waals surface area contributed by atoms with E-state index in [-0.39, 0.29) is 12.1 Å². The lowest BCUT2D eigenvalue weighted by molar-refractivity contribution is 0.152. The molecule has 3 rings (SSSR count). The molecule has 0 aromatic heterocycles. The third-order valence-corrected chi connectivity index (χ3v) is 4.40. The number of anilines is 1. The summed E-state index contributed by atoms with van der Waals surface area (Å²) in [5.41, 5.74) is 2.14. The van der Waals surface area contributed by atoms with Crippen LogP contribution in [-0.4, -0.2) is 25.1 Å². The molecule has 2 aliphatic rings. The molecule has 0 saturated heterocycles. The first-order chi connectivity index (χ1) is 9.19. The Morgan fingerprint density at radius 2 is 1.95 bits per heavy atom. The Kier molecular flexibility index (Phi) is 3.44. The Morgan fingerprint density at radius 3 is 2.68 bits per heavy atom. The molecule has 104 valence electrons. The molecule has 2 nitrogen and oxygen atoms in total. The number of rotatable bonds is 2. The highest BCUT2D eigenvalue weighted by Gasteiger charge is 2.38. The molecular formula is C15H20F2N2. The van der Waals surface area contributed by atoms with Gasteiger partial charge in [0, 0.05) is 24.3 Å². The van der Waals surface area contributed by atoms with Crippen molar-refractivity contribution in [2.45, 2.75) is 44.2 Å². The summed E-state index contributed by atoms with van der Waals surface area (Å²) in [7, 11) is 0. The molecule has 0 unspecified atom stereocenters. The van der Waals surface area contributed by atoms with Crippen molar-refractivity contribution < 1.29 is 8.78 Å². The molecule has 0 atom stereocenters. The summed E-state index contributed by atoms with van der Waals surface area (Å²) in [6.45, 7) is 1.32. The highest BCUT2D eigenvalue weighted by atomic mass is 19.3. The Balaban J connectivity index is 1.92. The van der Waals surface area contributed by atoms with Gasteiger partial charge in [0.05, 0.1) is 6.54 Å². The van der Waals surface area contributed by atoms with E-state index >= 15 is 0 Å². The molecule has 19 heavy (non-hydrogen) atoms. The van der Waals surface area contributed by atoms with E-state index in [1.54, 1.807) is 0 Å². The van der Waals surface area contributed by atoms with Gasteiger partial charge < -0.3 is 10.2 Å². The Bertz CT molecular complexity index is 442. The van der Waals surface area contributed by atoms with Crippen molar-refractivity contribution in [2.75, 3.05) is 18.0 Å². The number of nitrogens with zero attached hydrogens (tertiary/aromatic N) is 1. The van der Waals surface area contributed by atoms with Gasteiger partial charge in [-0.05, 0) is 24.5 Å². The van der Waals surface area contributed by atoms with Gasteiger partial charge in [-0.25, -0.2) is 8.78 Å². The van der Waals surface area contributed by atoms with E-state index in [9.17, 15) is 8.78 Å². The van der Waals surface area contributed by atoms with Gasteiger partial charge in [0.1, 0.15) is 0 Å². The number of fused-ring (bicyclic) bond motifs is 1. The minimum atomic E-state index is -2.29. The molecular weight excluding hydrogens is 246 g/mol. The van der Waals surface area contributed by atoms with Crippen LogP contribution in [0.25, 0.3) is 0 Å². The molecule has 1 aliphatic heterocycles. The van der Waals surface area contributed by atoms with Crippen molar-refractivity contribution >= 4 is 5.69 Å². The lowest BCUT2D eigenvalue weighted by Gasteiger charge is -2.34. The largest absolute Gasteiger partial charge is 0.364 e. The van der Waals surface area contributed by atoms with Gasteiger partial charge >= 0.3 is 0 Å². The monoisotopic (exact) mass is 266 g/mol. The third kappa shape index (κ3) is 2.59. The van der Waals surface area contributed by atoms with Crippen molar-refractivity contribution in [3.05, 3.63) is 29.8 Å². The van der Waals surface area contributed by atoms with Crippen LogP contribution in [0.1, 0.15) is 31.2 Å². The van der Waals surface area contributed by atoms with Gasteiger partial charge in [0.25, 0.3) is 6.43 Å². The van der Waals surface area contributed by atoms with Crippen LogP contribution in [0, 0.1) is 0 Å². The zero-order chi connectivity index (χ0) is 13.3. The van der Waals surface area contributed by atoms with E-state index in [0.29, 0.717) is 6.54 Å². The van der Waals surface area contributed by atoms with Gasteiger partial charge in [-0.15, -0.1) is 0 Å². The van der Waals surface area contributed by atoms with Crippen molar-refractivity contribution in [3.63, 3.8) is 0 Å². The molecule has 1 aromatic rings. The van der Waals surface area contributed by atoms with Crippen LogP contribution >= 0.6 is 0 Å². The molecule has 1 N–H and O–H groups in total. The van der Waals surface area contributed by atoms with Crippen LogP contribution in [0.15, 0.2) is 24.3 Å². The van der Waals surface area contributed by atoms with E-state index < -0.39 is 6.43 Å². The van der Waals surface area contributed by atoms with Crippen molar-refractivity contribution in [2.24, 2.45) is 0 Å². The van der Waals surface area contributed by atoms with Crippen LogP contribution < -0.4 is 10.2 Å². The molecule has 1 spiro atoms. The summed E-state index contributed by atoms with van der Waals surface area (Å²) >= 11 is 0. The molecule has 1 aromatic carbocycles. The van der Waals surface area contributed by atoms with Crippen LogP contribution in [0.4, 0.5) is 14.5 Å². The second-order valence-electron chi connectivity index (χ2n) is 5.74. The second kappa shape index (κ2) is 5.08. The fraction of sp³-hybridized carbons (Fsp3) is 0.600. The number of hydrogen-bond acceptors (Lipinski definition) is 2. The Hall–Kier alpha value is -1.16. The van der Waals surface area contributed by atoms with Gasteiger partial charge in [-0.1, -0.05) is 31.0 Å². The maximum Gasteiger partial charge on any atom is 0.255 e. The van der Waals surface area contributed by atoms with Gasteiger partial charge in [-0.2, -0.15) is 0 Å². The summed E-state index contributed by atoms with van der Waals surface area (Å²) in [4.78, 5) is 1.88. The predicted molar refractivity (Wildman–Crippen MR) is 72.7 cm³/mol. The quantitative estimate of drug-likeness (QED) is 0.884. The minimum absolute atomic E-state index is 0.0356. The molecule has 1 aliphatic carbocycles. The molecule has 0 bridgehead atoms. The summed E-state index contributed by atoms with van der Waals surface area (Å²) in [5, 5.41) is 3.63. The average Bonchev–Trinajstić information content (AvgIpc) is 2.78. The Labute approximate surface area is 112 Å². The molecule has 4 heteroatoms. The van der Waals surface area contributed by atoms with E-state index in [2.05, 4.69) is 5.32 Å². The maximum absolute atomic E-state index is 12.9. The lowest BCUT2D eigenvalue weighted by atomic mass is 9.97. The third-order valence-electron chi connectivity index (χ3n) is 4.40. The fourth-order valence-corrected chi connectivity index (χ4v) is 3.47. The summed E-state index contributed by atoms with van der Waals surface area (Å²) < 4.78 is 25.7. The van der Waals surface area contributed by atoms with E-state index in [4.69, 9.17) is 0 Å². The molecule has 0 radical (unpaired) electrons. The zero-order valence-electron chi connectivity index (χ0n) is 11.0. The molecule has 1 saturated carbocycles. The number of para-hydroxylation sites is 1. The van der Waals surface area contributed by atoms with E-state index in [0.717, 1.165) is 30.6 Å². The van der Waals surface area contributed by atoms with Crippen molar-refractivity contribution in [1.29, 1.82) is 0 Å². The number of benzene rings is 1. The highest BCUT2D eigenvalue weighted by molar-refractivity contribution is 5.55. The zero-order valence-corrected chi connectivity index (χ0v) is 11.0. The van der Waals surface area contributed by atoms with Crippen molar-refractivity contribution in [3.8, 4) is 0 Å². The van der Waals surface area contributed by atoms with E-state index in [1.807, 2.05) is 29.2 Å². The second-order valence-corrected chi connectivity index (χ2v) is 5.74. The first-order valence-corrected chi connectivity index (χ1v) is 7.05. The van der Waals surface area contributed by atoms with Crippen LogP contribution in [0.5, 0.6) is 0 Å².